The van der Waals surface area contributed by atoms with Crippen LogP contribution in [0.25, 0.3) is 0 Å². The number of thioether (sulfide) groups is 1. The van der Waals surface area contributed by atoms with Crippen molar-refractivity contribution >= 4 is 19.6 Å². The van der Waals surface area contributed by atoms with Crippen molar-refractivity contribution in [3.05, 3.63) is 23.9 Å². The zero-order valence-corrected chi connectivity index (χ0v) is 6.08. The summed E-state index contributed by atoms with van der Waals surface area (Å²) >= 11 is 1.69. The van der Waals surface area contributed by atoms with Crippen LogP contribution < -0.4 is 0 Å². The van der Waals surface area contributed by atoms with E-state index in [0.717, 1.165) is 16.5 Å². The first-order valence-electron chi connectivity index (χ1n) is 2.73. The Hall–Kier alpha value is -0.305. The van der Waals surface area contributed by atoms with Gasteiger partial charge in [-0.3, -0.25) is 0 Å². The second kappa shape index (κ2) is 2.52. The van der Waals surface area contributed by atoms with Crippen LogP contribution in [0.4, 0.5) is 0 Å². The highest BCUT2D eigenvalue weighted by Gasteiger charge is 2.16. The molecule has 0 aromatic heterocycles. The van der Waals surface area contributed by atoms with Crippen molar-refractivity contribution in [2.24, 2.45) is 0 Å². The molecule has 9 heavy (non-hydrogen) atoms. The molecule has 0 N–H and O–H groups in total. The lowest BCUT2D eigenvalue weighted by Crippen LogP contribution is -2.16. The van der Waals surface area contributed by atoms with Gasteiger partial charge in [-0.05, 0) is 6.44 Å². The van der Waals surface area contributed by atoms with Crippen LogP contribution >= 0.6 is 11.8 Å². The molecular formula is C6H8BNS. The molecule has 0 amide bonds. The summed E-state index contributed by atoms with van der Waals surface area (Å²) in [6, 6.07) is 0. The molecule has 0 spiro atoms. The highest BCUT2D eigenvalue weighted by atomic mass is 32.2. The number of hydrogen-bond acceptors (Lipinski definition) is 2. The molecule has 1 nitrogen and oxygen atoms in total. The largest absolute Gasteiger partial charge is 0.349 e. The number of rotatable bonds is 1. The summed E-state index contributed by atoms with van der Waals surface area (Å²) in [6.07, 6.45) is 0.505. The maximum absolute atomic E-state index is 5.41. The lowest BCUT2D eigenvalue weighted by atomic mass is 10.1. The fourth-order valence-electron chi connectivity index (χ4n) is 0.730. The molecule has 3 heteroatoms. The van der Waals surface area contributed by atoms with E-state index in [-0.39, 0.29) is 0 Å². The van der Waals surface area contributed by atoms with Gasteiger partial charge in [0.15, 0.2) is 0 Å². The van der Waals surface area contributed by atoms with Crippen molar-refractivity contribution in [2.45, 2.75) is 0 Å². The minimum absolute atomic E-state index is 0.505. The van der Waals surface area contributed by atoms with Gasteiger partial charge >= 0.3 is 0 Å². The molecule has 0 aliphatic carbocycles. The van der Waals surface area contributed by atoms with Crippen LogP contribution in [-0.4, -0.2) is 24.9 Å². The molecular weight excluding hydrogens is 129 g/mol. The van der Waals surface area contributed by atoms with Gasteiger partial charge < -0.3 is 4.90 Å². The first-order valence-corrected chi connectivity index (χ1v) is 3.71. The summed E-state index contributed by atoms with van der Waals surface area (Å²) in [6.45, 7) is 7.63. The van der Waals surface area contributed by atoms with Crippen LogP contribution in [0.1, 0.15) is 0 Å². The Kier molecular flexibility index (Phi) is 1.91. The average molecular weight is 137 g/mol. The van der Waals surface area contributed by atoms with E-state index >= 15 is 0 Å². The van der Waals surface area contributed by atoms with Gasteiger partial charge in [0.05, 0.1) is 12.9 Å². The number of nitrogens with zero attached hydrogens (tertiary/aromatic N) is 1. The molecule has 1 aliphatic rings. The van der Waals surface area contributed by atoms with E-state index in [2.05, 4.69) is 13.2 Å². The predicted octanol–water partition coefficient (Wildman–Crippen LogP) is 1.15. The quantitative estimate of drug-likeness (QED) is 0.498. The Morgan fingerprint density at radius 2 is 2.33 bits per heavy atom. The van der Waals surface area contributed by atoms with Crippen molar-refractivity contribution < 1.29 is 0 Å². The summed E-state index contributed by atoms with van der Waals surface area (Å²) in [5, 5.41) is 1.02. The Bertz CT molecular complexity index is 139. The zero-order chi connectivity index (χ0) is 6.85. The molecule has 46 valence electrons. The third-order valence-corrected chi connectivity index (χ3v) is 2.30. The maximum atomic E-state index is 5.41. The molecule has 1 saturated heterocycles. The molecule has 0 unspecified atom stereocenters. The van der Waals surface area contributed by atoms with Crippen LogP contribution in [0.3, 0.4) is 0 Å². The van der Waals surface area contributed by atoms with Crippen LogP contribution in [0.2, 0.25) is 0 Å². The first kappa shape index (κ1) is 6.81. The SMILES string of the molecule is [B]CN1C(=C)CSC1=C. The van der Waals surface area contributed by atoms with Gasteiger partial charge in [0.1, 0.15) is 0 Å². The fourth-order valence-corrected chi connectivity index (χ4v) is 1.58. The molecule has 1 fully saturated rings. The molecule has 0 atom stereocenters. The molecule has 1 aliphatic heterocycles. The molecule has 2 radical (unpaired) electrons. The van der Waals surface area contributed by atoms with Crippen LogP contribution in [0.5, 0.6) is 0 Å². The second-order valence-corrected chi connectivity index (χ2v) is 2.91. The van der Waals surface area contributed by atoms with E-state index in [1.807, 2.05) is 4.90 Å². The highest BCUT2D eigenvalue weighted by Crippen LogP contribution is 2.31. The van der Waals surface area contributed by atoms with E-state index in [4.69, 9.17) is 7.85 Å². The molecule has 0 bridgehead atoms. The normalized spacial score (nSPS) is 19.3. The van der Waals surface area contributed by atoms with Crippen molar-refractivity contribution in [3.63, 3.8) is 0 Å². The van der Waals surface area contributed by atoms with Gasteiger partial charge in [0.25, 0.3) is 0 Å². The van der Waals surface area contributed by atoms with E-state index in [9.17, 15) is 0 Å². The van der Waals surface area contributed by atoms with E-state index in [1.165, 1.54) is 0 Å². The maximum Gasteiger partial charge on any atom is 0.0949 e. The van der Waals surface area contributed by atoms with E-state index < -0.39 is 0 Å². The standard InChI is InChI=1S/C6H8BNS/c1-5-3-9-6(2)8(5)4-7/h1-4H2. The minimum atomic E-state index is 0.505. The van der Waals surface area contributed by atoms with Gasteiger partial charge in [-0.25, -0.2) is 0 Å². The van der Waals surface area contributed by atoms with Crippen LogP contribution in [-0.2, 0) is 0 Å². The van der Waals surface area contributed by atoms with Crippen molar-refractivity contribution in [1.29, 1.82) is 0 Å². The number of hydrogen-bond donors (Lipinski definition) is 0. The highest BCUT2D eigenvalue weighted by molar-refractivity contribution is 8.03. The molecule has 1 heterocycles. The molecule has 1 rings (SSSR count). The Morgan fingerprint density at radius 3 is 2.56 bits per heavy atom. The fraction of sp³-hybridized carbons (Fsp3) is 0.333. The summed E-state index contributed by atoms with van der Waals surface area (Å²) in [4.78, 5) is 1.92. The van der Waals surface area contributed by atoms with Crippen molar-refractivity contribution in [3.8, 4) is 0 Å². The van der Waals surface area contributed by atoms with Gasteiger partial charge in [0.2, 0.25) is 0 Å². The summed E-state index contributed by atoms with van der Waals surface area (Å²) in [5.74, 6) is 0.941. The average Bonchev–Trinajstić information content (AvgIpc) is 2.12. The monoisotopic (exact) mass is 137 g/mol. The minimum Gasteiger partial charge on any atom is -0.349 e. The topological polar surface area (TPSA) is 3.24 Å². The Labute approximate surface area is 61.2 Å². The third kappa shape index (κ3) is 1.16. The lowest BCUT2D eigenvalue weighted by Gasteiger charge is -2.16. The predicted molar refractivity (Wildman–Crippen MR) is 43.2 cm³/mol. The third-order valence-electron chi connectivity index (χ3n) is 1.27. The summed E-state index contributed by atoms with van der Waals surface area (Å²) in [7, 11) is 5.41. The van der Waals surface area contributed by atoms with Crippen molar-refractivity contribution in [1.82, 2.24) is 4.90 Å². The Morgan fingerprint density at radius 1 is 1.67 bits per heavy atom. The van der Waals surface area contributed by atoms with Gasteiger partial charge in [-0.1, -0.05) is 13.2 Å². The van der Waals surface area contributed by atoms with E-state index in [1.54, 1.807) is 11.8 Å². The second-order valence-electron chi connectivity index (χ2n) is 1.86. The first-order chi connectivity index (χ1) is 4.25. The van der Waals surface area contributed by atoms with Gasteiger partial charge in [-0.15, -0.1) is 11.8 Å². The summed E-state index contributed by atoms with van der Waals surface area (Å²) < 4.78 is 0. The zero-order valence-electron chi connectivity index (χ0n) is 5.26. The molecule has 0 aromatic rings. The van der Waals surface area contributed by atoms with Crippen LogP contribution in [0.15, 0.2) is 23.9 Å². The van der Waals surface area contributed by atoms with Gasteiger partial charge in [-0.2, -0.15) is 0 Å². The van der Waals surface area contributed by atoms with E-state index in [0.29, 0.717) is 6.44 Å². The molecule has 0 saturated carbocycles. The Balaban J connectivity index is 2.66. The summed E-state index contributed by atoms with van der Waals surface area (Å²) in [5.41, 5.74) is 1.06. The van der Waals surface area contributed by atoms with Gasteiger partial charge in [0, 0.05) is 11.4 Å². The van der Waals surface area contributed by atoms with Crippen LogP contribution in [0, 0.1) is 0 Å². The van der Waals surface area contributed by atoms with Crippen molar-refractivity contribution in [2.75, 3.05) is 12.2 Å². The molecule has 0 aromatic carbocycles. The lowest BCUT2D eigenvalue weighted by molar-refractivity contribution is 0.552. The smallest absolute Gasteiger partial charge is 0.0949 e.